The molecule has 0 radical (unpaired) electrons. The minimum absolute atomic E-state index is 0.0413. The number of aldehydes is 1. The number of hydrogen-bond acceptors (Lipinski definition) is 2. The Labute approximate surface area is 46.6 Å². The van der Waals surface area contributed by atoms with E-state index in [0.717, 1.165) is 6.08 Å². The van der Waals surface area contributed by atoms with E-state index in [1.165, 1.54) is 6.08 Å². The van der Waals surface area contributed by atoms with E-state index in [2.05, 4.69) is 0 Å². The topological polar surface area (TPSA) is 57.0 Å². The molecule has 3 heteroatoms. The molecule has 0 fully saturated rings. The third-order valence-electron chi connectivity index (χ3n) is 0.516. The molecule has 0 bridgehead atoms. The average Bonchev–Trinajstić information content (AvgIpc) is 1.83. The van der Waals surface area contributed by atoms with E-state index in [-0.39, 0.29) is 12.9 Å². The molecule has 0 aromatic rings. The predicted molar refractivity (Wildman–Crippen MR) is 28.7 cm³/mol. The van der Waals surface area contributed by atoms with Crippen LogP contribution in [0, 0.1) is 0 Å². The molecule has 44 valence electrons. The fourth-order valence-electron chi connectivity index (χ4n) is 0.214. The highest BCUT2D eigenvalue weighted by molar-refractivity contribution is 6.30. The third kappa shape index (κ3) is 3.24. The van der Waals surface area contributed by atoms with Gasteiger partial charge in [0.05, 0.1) is 0 Å². The van der Waals surface area contributed by atoms with Crippen LogP contribution in [0.2, 0.25) is 0 Å². The molecule has 0 saturated carbocycles. The van der Waals surface area contributed by atoms with Gasteiger partial charge in [0, 0.05) is 0 Å². The molecule has 8 heavy (non-hydrogen) atoms. The van der Waals surface area contributed by atoms with Gasteiger partial charge in [0.25, 0.3) is 0 Å². The van der Waals surface area contributed by atoms with Crippen molar-refractivity contribution in [2.24, 2.45) is 0 Å². The standard InChI is InChI=1S/C5H6O3/c6-3-1-2-5(8)4-7/h1-2,4,6H,3H2/p+1. The van der Waals surface area contributed by atoms with E-state index in [1.54, 1.807) is 0 Å². The lowest BCUT2D eigenvalue weighted by atomic mass is 10.4. The Morgan fingerprint density at radius 1 is 1.62 bits per heavy atom. The normalized spacial score (nSPS) is 9.62. The van der Waals surface area contributed by atoms with Gasteiger partial charge in [0.15, 0.2) is 12.9 Å². The van der Waals surface area contributed by atoms with E-state index >= 15 is 0 Å². The summed E-state index contributed by atoms with van der Waals surface area (Å²) in [5.41, 5.74) is 0. The van der Waals surface area contributed by atoms with Crippen LogP contribution in [0.25, 0.3) is 0 Å². The van der Waals surface area contributed by atoms with Gasteiger partial charge >= 0.3 is 0 Å². The molecular weight excluding hydrogens is 108 g/mol. The first kappa shape index (κ1) is 7.04. The monoisotopic (exact) mass is 115 g/mol. The van der Waals surface area contributed by atoms with Gasteiger partial charge in [-0.05, 0) is 12.2 Å². The highest BCUT2D eigenvalue weighted by Gasteiger charge is 1.86. The van der Waals surface area contributed by atoms with Gasteiger partial charge in [0.2, 0.25) is 5.78 Å². The number of carbonyl (C=O) groups excluding carboxylic acids is 2. The van der Waals surface area contributed by atoms with Crippen molar-refractivity contribution in [1.82, 2.24) is 0 Å². The van der Waals surface area contributed by atoms with Crippen molar-refractivity contribution in [3.8, 4) is 0 Å². The second-order valence-corrected chi connectivity index (χ2v) is 1.13. The number of ketones is 1. The molecule has 0 unspecified atom stereocenters. The molecule has 0 amide bonds. The largest absolute Gasteiger partial charge is 0.442 e. The Morgan fingerprint density at radius 2 is 2.25 bits per heavy atom. The summed E-state index contributed by atoms with van der Waals surface area (Å²) in [6, 6.07) is 0. The zero-order valence-electron chi connectivity index (χ0n) is 4.26. The zero-order chi connectivity index (χ0) is 6.41. The van der Waals surface area contributed by atoms with Gasteiger partial charge in [-0.2, -0.15) is 0 Å². The van der Waals surface area contributed by atoms with Crippen LogP contribution in [0.15, 0.2) is 12.2 Å². The summed E-state index contributed by atoms with van der Waals surface area (Å²) in [7, 11) is 0. The van der Waals surface area contributed by atoms with E-state index in [1.807, 2.05) is 0 Å². The molecule has 0 aliphatic heterocycles. The van der Waals surface area contributed by atoms with Crippen molar-refractivity contribution in [3.63, 3.8) is 0 Å². The lowest BCUT2D eigenvalue weighted by Crippen LogP contribution is -1.91. The van der Waals surface area contributed by atoms with Crippen LogP contribution in [0.4, 0.5) is 0 Å². The van der Waals surface area contributed by atoms with Crippen molar-refractivity contribution in [2.75, 3.05) is 6.61 Å². The molecule has 0 atom stereocenters. The van der Waals surface area contributed by atoms with E-state index in [4.69, 9.17) is 5.11 Å². The van der Waals surface area contributed by atoms with Crippen molar-refractivity contribution < 1.29 is 14.7 Å². The average molecular weight is 115 g/mol. The molecule has 0 aromatic heterocycles. The maximum atomic E-state index is 10.0. The fraction of sp³-hybridized carbons (Fsp3) is 0.200. The Bertz CT molecular complexity index is 115. The Morgan fingerprint density at radius 3 is 2.62 bits per heavy atom. The van der Waals surface area contributed by atoms with E-state index in [9.17, 15) is 9.59 Å². The summed E-state index contributed by atoms with van der Waals surface area (Å²) in [5.74, 6) is -0.586. The van der Waals surface area contributed by atoms with E-state index in [0.29, 0.717) is 0 Å². The summed E-state index contributed by atoms with van der Waals surface area (Å²) in [6.07, 6.45) is 2.61. The predicted octanol–water partition coefficient (Wildman–Crippen LogP) is -0.965. The lowest BCUT2D eigenvalue weighted by Gasteiger charge is -1.71. The zero-order valence-corrected chi connectivity index (χ0v) is 4.26. The molecule has 0 aromatic carbocycles. The number of allylic oxidation sites excluding steroid dienone is 1. The molecule has 0 heterocycles. The quantitative estimate of drug-likeness (QED) is 0.206. The summed E-state index contributed by atoms with van der Waals surface area (Å²) in [5, 5.41) is 6.52. The molecular formula is C5H7O3+. The van der Waals surface area contributed by atoms with Crippen LogP contribution in [-0.4, -0.2) is 23.8 Å². The molecule has 0 rings (SSSR count). The summed E-state index contributed by atoms with van der Waals surface area (Å²) in [6.45, 7) is 0.0413. The van der Waals surface area contributed by atoms with Gasteiger partial charge in [-0.15, -0.1) is 0 Å². The van der Waals surface area contributed by atoms with Crippen LogP contribution >= 0.6 is 0 Å². The van der Waals surface area contributed by atoms with Crippen molar-refractivity contribution >= 4 is 12.1 Å². The van der Waals surface area contributed by atoms with Crippen LogP contribution < -0.4 is 0 Å². The molecule has 2 N–H and O–H groups in total. The first-order valence-corrected chi connectivity index (χ1v) is 2.11. The van der Waals surface area contributed by atoms with E-state index < -0.39 is 5.78 Å². The molecule has 3 nitrogen and oxygen atoms in total. The number of carbonyl (C=O) groups is 2. The van der Waals surface area contributed by atoms with Gasteiger partial charge in [-0.25, -0.2) is 0 Å². The molecule has 0 saturated heterocycles. The highest BCUT2D eigenvalue weighted by Crippen LogP contribution is 1.69. The Kier molecular flexibility index (Phi) is 3.70. The SMILES string of the molecule is O=CC(=O)C=CC[OH2+]. The maximum Gasteiger partial charge on any atom is 0.218 e. The maximum absolute atomic E-state index is 10.0. The smallest absolute Gasteiger partial charge is 0.218 e. The van der Waals surface area contributed by atoms with Gasteiger partial charge in [0.1, 0.15) is 0 Å². The Hall–Kier alpha value is -0.960. The van der Waals surface area contributed by atoms with Crippen LogP contribution in [0.3, 0.4) is 0 Å². The summed E-state index contributed by atoms with van der Waals surface area (Å²) in [4.78, 5) is 19.6. The first-order chi connectivity index (χ1) is 3.81. The third-order valence-corrected chi connectivity index (χ3v) is 0.516. The van der Waals surface area contributed by atoms with Crippen molar-refractivity contribution in [1.29, 1.82) is 0 Å². The highest BCUT2D eigenvalue weighted by atomic mass is 16.2. The molecule has 0 aliphatic carbocycles. The minimum Gasteiger partial charge on any atom is -0.442 e. The van der Waals surface area contributed by atoms with Crippen LogP contribution in [-0.2, 0) is 9.59 Å². The molecule has 0 spiro atoms. The molecule has 0 aliphatic rings. The Balaban J connectivity index is 3.52. The van der Waals surface area contributed by atoms with Crippen LogP contribution in [0.1, 0.15) is 0 Å². The number of rotatable bonds is 3. The van der Waals surface area contributed by atoms with Gasteiger partial charge in [-0.1, -0.05) is 0 Å². The summed E-state index contributed by atoms with van der Waals surface area (Å²) < 4.78 is 0. The second-order valence-electron chi connectivity index (χ2n) is 1.13. The fourth-order valence-corrected chi connectivity index (χ4v) is 0.214. The summed E-state index contributed by atoms with van der Waals surface area (Å²) >= 11 is 0. The minimum atomic E-state index is -0.586. The van der Waals surface area contributed by atoms with Crippen LogP contribution in [0.5, 0.6) is 0 Å². The lowest BCUT2D eigenvalue weighted by molar-refractivity contribution is -0.126. The second kappa shape index (κ2) is 4.21. The van der Waals surface area contributed by atoms with Gasteiger partial charge < -0.3 is 5.11 Å². The number of hydrogen-bond donors (Lipinski definition) is 0. The first-order valence-electron chi connectivity index (χ1n) is 2.11. The van der Waals surface area contributed by atoms with Gasteiger partial charge in [-0.3, -0.25) is 9.59 Å². The van der Waals surface area contributed by atoms with Crippen molar-refractivity contribution in [3.05, 3.63) is 12.2 Å². The van der Waals surface area contributed by atoms with Crippen molar-refractivity contribution in [2.45, 2.75) is 0 Å².